The molecule has 102 valence electrons. The second-order valence-electron chi connectivity index (χ2n) is 4.43. The molecule has 0 amide bonds. The number of halogens is 1. The van der Waals surface area contributed by atoms with Gasteiger partial charge in [0.2, 0.25) is 0 Å². The van der Waals surface area contributed by atoms with E-state index >= 15 is 0 Å². The minimum atomic E-state index is -0.871. The van der Waals surface area contributed by atoms with Gasteiger partial charge in [0.05, 0.1) is 7.11 Å². The summed E-state index contributed by atoms with van der Waals surface area (Å²) in [6.45, 7) is 2.29. The van der Waals surface area contributed by atoms with E-state index < -0.39 is 6.17 Å². The van der Waals surface area contributed by atoms with E-state index in [4.69, 9.17) is 9.47 Å². The Balaban J connectivity index is 2.18. The molecule has 0 aromatic heterocycles. The molecule has 1 aromatic rings. The maximum Gasteiger partial charge on any atom is 0.134 e. The number of hydrogen-bond donors (Lipinski definition) is 0. The number of rotatable bonds is 9. The van der Waals surface area contributed by atoms with Gasteiger partial charge in [-0.1, -0.05) is 32.6 Å². The van der Waals surface area contributed by atoms with Crippen molar-refractivity contribution in [2.75, 3.05) is 13.7 Å². The van der Waals surface area contributed by atoms with Crippen molar-refractivity contribution in [1.82, 2.24) is 0 Å². The zero-order valence-electron chi connectivity index (χ0n) is 11.3. The predicted molar refractivity (Wildman–Crippen MR) is 72.1 cm³/mol. The highest BCUT2D eigenvalue weighted by atomic mass is 19.1. The molecular formula is C15H23FO2. The van der Waals surface area contributed by atoms with Crippen LogP contribution in [0.4, 0.5) is 4.39 Å². The summed E-state index contributed by atoms with van der Waals surface area (Å²) < 4.78 is 23.9. The van der Waals surface area contributed by atoms with Crippen LogP contribution in [0.2, 0.25) is 0 Å². The summed E-state index contributed by atoms with van der Waals surface area (Å²) in [5, 5.41) is 0. The SMILES string of the molecule is CCCCCCC(F)COc1ccc(OC)cc1. The van der Waals surface area contributed by atoms with Crippen molar-refractivity contribution in [3.63, 3.8) is 0 Å². The van der Waals surface area contributed by atoms with Crippen LogP contribution in [0.3, 0.4) is 0 Å². The summed E-state index contributed by atoms with van der Waals surface area (Å²) in [7, 11) is 1.61. The Bertz CT molecular complexity index is 311. The van der Waals surface area contributed by atoms with Gasteiger partial charge in [-0.25, -0.2) is 4.39 Å². The van der Waals surface area contributed by atoms with E-state index in [1.54, 1.807) is 19.2 Å². The molecule has 0 aliphatic carbocycles. The summed E-state index contributed by atoms with van der Waals surface area (Å²) in [6, 6.07) is 7.21. The summed E-state index contributed by atoms with van der Waals surface area (Å²) in [4.78, 5) is 0. The quantitative estimate of drug-likeness (QED) is 0.609. The molecule has 1 rings (SSSR count). The highest BCUT2D eigenvalue weighted by Gasteiger charge is 2.07. The lowest BCUT2D eigenvalue weighted by atomic mass is 10.1. The fraction of sp³-hybridized carbons (Fsp3) is 0.600. The van der Waals surface area contributed by atoms with Gasteiger partial charge in [0.15, 0.2) is 0 Å². The second kappa shape index (κ2) is 8.78. The third-order valence-corrected chi connectivity index (χ3v) is 2.86. The van der Waals surface area contributed by atoms with E-state index in [0.29, 0.717) is 12.2 Å². The first-order valence-corrected chi connectivity index (χ1v) is 6.67. The van der Waals surface area contributed by atoms with Crippen molar-refractivity contribution in [3.05, 3.63) is 24.3 Å². The third kappa shape index (κ3) is 5.89. The van der Waals surface area contributed by atoms with E-state index in [2.05, 4.69) is 6.92 Å². The first-order valence-electron chi connectivity index (χ1n) is 6.67. The Kier molecular flexibility index (Phi) is 7.23. The van der Waals surface area contributed by atoms with Gasteiger partial charge < -0.3 is 9.47 Å². The number of benzene rings is 1. The first kappa shape index (κ1) is 14.8. The normalized spacial score (nSPS) is 12.2. The molecule has 2 nitrogen and oxygen atoms in total. The zero-order valence-corrected chi connectivity index (χ0v) is 11.3. The van der Waals surface area contributed by atoms with Crippen LogP contribution in [-0.4, -0.2) is 19.9 Å². The van der Waals surface area contributed by atoms with Crippen LogP contribution in [0.1, 0.15) is 39.0 Å². The predicted octanol–water partition coefficient (Wildman–Crippen LogP) is 4.38. The lowest BCUT2D eigenvalue weighted by Gasteiger charge is -2.10. The van der Waals surface area contributed by atoms with Crippen LogP contribution in [-0.2, 0) is 0 Å². The van der Waals surface area contributed by atoms with E-state index in [-0.39, 0.29) is 6.61 Å². The maximum atomic E-state index is 13.5. The topological polar surface area (TPSA) is 18.5 Å². The molecule has 0 N–H and O–H groups in total. The van der Waals surface area contributed by atoms with Crippen molar-refractivity contribution in [2.45, 2.75) is 45.2 Å². The van der Waals surface area contributed by atoms with Crippen molar-refractivity contribution in [2.24, 2.45) is 0 Å². The molecule has 1 atom stereocenters. The Labute approximate surface area is 109 Å². The molecule has 0 radical (unpaired) electrons. The van der Waals surface area contributed by atoms with Crippen LogP contribution in [0.5, 0.6) is 11.5 Å². The molecule has 0 saturated carbocycles. The lowest BCUT2D eigenvalue weighted by Crippen LogP contribution is -2.12. The number of ether oxygens (including phenoxy) is 2. The highest BCUT2D eigenvalue weighted by Crippen LogP contribution is 2.18. The van der Waals surface area contributed by atoms with Crippen molar-refractivity contribution in [1.29, 1.82) is 0 Å². The van der Waals surface area contributed by atoms with Crippen molar-refractivity contribution < 1.29 is 13.9 Å². The van der Waals surface area contributed by atoms with Crippen molar-refractivity contribution in [3.8, 4) is 11.5 Å². The number of unbranched alkanes of at least 4 members (excludes halogenated alkanes) is 3. The third-order valence-electron chi connectivity index (χ3n) is 2.86. The van der Waals surface area contributed by atoms with Gasteiger partial charge in [-0.2, -0.15) is 0 Å². The van der Waals surface area contributed by atoms with Crippen LogP contribution in [0.15, 0.2) is 24.3 Å². The van der Waals surface area contributed by atoms with Gasteiger partial charge in [-0.3, -0.25) is 0 Å². The Morgan fingerprint density at radius 3 is 2.33 bits per heavy atom. The molecular weight excluding hydrogens is 231 g/mol. The maximum absolute atomic E-state index is 13.5. The standard InChI is InChI=1S/C15H23FO2/c1-3-4-5-6-7-13(16)12-18-15-10-8-14(17-2)9-11-15/h8-11,13H,3-7,12H2,1-2H3. The Morgan fingerprint density at radius 1 is 1.06 bits per heavy atom. The second-order valence-corrected chi connectivity index (χ2v) is 4.43. The van der Waals surface area contributed by atoms with Gasteiger partial charge in [0, 0.05) is 0 Å². The molecule has 3 heteroatoms. The molecule has 18 heavy (non-hydrogen) atoms. The number of hydrogen-bond acceptors (Lipinski definition) is 2. The van der Waals surface area contributed by atoms with E-state index in [0.717, 1.165) is 18.6 Å². The average molecular weight is 254 g/mol. The summed E-state index contributed by atoms with van der Waals surface area (Å²) >= 11 is 0. The molecule has 0 fully saturated rings. The molecule has 0 aliphatic rings. The average Bonchev–Trinajstić information content (AvgIpc) is 2.42. The van der Waals surface area contributed by atoms with Crippen molar-refractivity contribution >= 4 is 0 Å². The van der Waals surface area contributed by atoms with Crippen LogP contribution < -0.4 is 9.47 Å². The minimum Gasteiger partial charge on any atom is -0.497 e. The fourth-order valence-electron chi connectivity index (χ4n) is 1.73. The Hall–Kier alpha value is -1.25. The van der Waals surface area contributed by atoms with E-state index in [1.807, 2.05) is 12.1 Å². The highest BCUT2D eigenvalue weighted by molar-refractivity contribution is 5.31. The largest absolute Gasteiger partial charge is 0.497 e. The van der Waals surface area contributed by atoms with Gasteiger partial charge in [-0.15, -0.1) is 0 Å². The van der Waals surface area contributed by atoms with E-state index in [1.165, 1.54) is 12.8 Å². The van der Waals surface area contributed by atoms with Crippen LogP contribution in [0, 0.1) is 0 Å². The van der Waals surface area contributed by atoms with Crippen LogP contribution >= 0.6 is 0 Å². The Morgan fingerprint density at radius 2 is 1.72 bits per heavy atom. The van der Waals surface area contributed by atoms with Gasteiger partial charge >= 0.3 is 0 Å². The molecule has 0 aliphatic heterocycles. The van der Waals surface area contributed by atoms with Gasteiger partial charge in [0.25, 0.3) is 0 Å². The first-order chi connectivity index (χ1) is 8.76. The summed E-state index contributed by atoms with van der Waals surface area (Å²) in [5.74, 6) is 1.46. The molecule has 0 spiro atoms. The molecule has 0 heterocycles. The number of alkyl halides is 1. The molecule has 0 bridgehead atoms. The van der Waals surface area contributed by atoms with Gasteiger partial charge in [-0.05, 0) is 30.7 Å². The summed E-state index contributed by atoms with van der Waals surface area (Å²) in [6.07, 6.45) is 4.14. The monoisotopic (exact) mass is 254 g/mol. The van der Waals surface area contributed by atoms with Gasteiger partial charge in [0.1, 0.15) is 24.3 Å². The number of methoxy groups -OCH3 is 1. The molecule has 1 unspecified atom stereocenters. The smallest absolute Gasteiger partial charge is 0.134 e. The van der Waals surface area contributed by atoms with Crippen LogP contribution in [0.25, 0.3) is 0 Å². The zero-order chi connectivity index (χ0) is 13.2. The molecule has 1 aromatic carbocycles. The summed E-state index contributed by atoms with van der Waals surface area (Å²) in [5.41, 5.74) is 0. The van der Waals surface area contributed by atoms with E-state index in [9.17, 15) is 4.39 Å². The lowest BCUT2D eigenvalue weighted by molar-refractivity contribution is 0.184. The minimum absolute atomic E-state index is 0.137. The fourth-order valence-corrected chi connectivity index (χ4v) is 1.73. The molecule has 0 saturated heterocycles.